The Kier molecular flexibility index (Phi) is 11.6. The number of thioether (sulfide) groups is 1. The van der Waals surface area contributed by atoms with Gasteiger partial charge in [-0.05, 0) is 36.9 Å². The zero-order valence-corrected chi connectivity index (χ0v) is 16.3. The topological polar surface area (TPSA) is 36.4 Å². The second-order valence-corrected chi connectivity index (χ2v) is 5.69. The van der Waals surface area contributed by atoms with Crippen LogP contribution < -0.4 is 10.6 Å². The third kappa shape index (κ3) is 7.68. The van der Waals surface area contributed by atoms with E-state index in [1.54, 1.807) is 17.8 Å². The minimum atomic E-state index is -0.242. The highest BCUT2D eigenvalue weighted by molar-refractivity contribution is 14.0. The van der Waals surface area contributed by atoms with Crippen LogP contribution in [0, 0.1) is 5.82 Å². The van der Waals surface area contributed by atoms with E-state index in [0.717, 1.165) is 34.8 Å². The average molecular weight is 476 g/mol. The van der Waals surface area contributed by atoms with Crippen LogP contribution in [-0.4, -0.2) is 31.1 Å². The van der Waals surface area contributed by atoms with Gasteiger partial charge in [0.1, 0.15) is 5.82 Å². The third-order valence-electron chi connectivity index (χ3n) is 2.36. The summed E-state index contributed by atoms with van der Waals surface area (Å²) in [6, 6.07) is 4.63. The molecule has 0 bridgehead atoms. The number of hydrogen-bond donors (Lipinski definition) is 2. The summed E-state index contributed by atoms with van der Waals surface area (Å²) < 4.78 is 14.0. The molecule has 3 nitrogen and oxygen atoms in total. The fourth-order valence-electron chi connectivity index (χ4n) is 1.44. The number of nitrogens with zero attached hydrogens (tertiary/aromatic N) is 1. The normalized spacial score (nSPS) is 10.9. The Morgan fingerprint density at radius 2 is 2.15 bits per heavy atom. The van der Waals surface area contributed by atoms with Gasteiger partial charge in [-0.2, -0.15) is 11.8 Å². The summed E-state index contributed by atoms with van der Waals surface area (Å²) in [5.41, 5.74) is 0.835. The fraction of sp³-hybridized carbons (Fsp3) is 0.462. The van der Waals surface area contributed by atoms with Crippen LogP contribution in [0.2, 0.25) is 0 Å². The zero-order valence-electron chi connectivity index (χ0n) is 11.6. The van der Waals surface area contributed by atoms with Gasteiger partial charge in [0.2, 0.25) is 0 Å². The highest BCUT2D eigenvalue weighted by Gasteiger charge is 2.02. The summed E-state index contributed by atoms with van der Waals surface area (Å²) in [7, 11) is 0. The Morgan fingerprint density at radius 3 is 2.80 bits per heavy atom. The summed E-state index contributed by atoms with van der Waals surface area (Å²) in [5.74, 6) is 1.54. The van der Waals surface area contributed by atoms with Crippen molar-refractivity contribution >= 4 is 57.6 Å². The Labute approximate surface area is 149 Å². The van der Waals surface area contributed by atoms with Crippen molar-refractivity contribution in [2.45, 2.75) is 13.5 Å². The number of rotatable bonds is 6. The number of hydrogen-bond acceptors (Lipinski definition) is 2. The van der Waals surface area contributed by atoms with Gasteiger partial charge in [-0.25, -0.2) is 9.38 Å². The summed E-state index contributed by atoms with van der Waals surface area (Å²) in [6.07, 6.45) is 2.07. The monoisotopic (exact) mass is 475 g/mol. The maximum atomic E-state index is 13.2. The van der Waals surface area contributed by atoms with Crippen LogP contribution in [0.15, 0.2) is 27.7 Å². The van der Waals surface area contributed by atoms with E-state index in [1.165, 1.54) is 12.1 Å². The summed E-state index contributed by atoms with van der Waals surface area (Å²) >= 11 is 5.18. The quantitative estimate of drug-likeness (QED) is 0.285. The highest BCUT2D eigenvalue weighted by atomic mass is 127. The van der Waals surface area contributed by atoms with Crippen molar-refractivity contribution in [1.29, 1.82) is 0 Å². The molecule has 0 atom stereocenters. The maximum absolute atomic E-state index is 13.2. The van der Waals surface area contributed by atoms with Crippen molar-refractivity contribution in [2.24, 2.45) is 4.99 Å². The van der Waals surface area contributed by atoms with Crippen molar-refractivity contribution in [3.63, 3.8) is 0 Å². The minimum Gasteiger partial charge on any atom is -0.357 e. The van der Waals surface area contributed by atoms with Gasteiger partial charge in [0, 0.05) is 23.3 Å². The van der Waals surface area contributed by atoms with Crippen LogP contribution in [-0.2, 0) is 6.54 Å². The molecule has 1 aromatic carbocycles. The van der Waals surface area contributed by atoms with Crippen LogP contribution in [0.25, 0.3) is 0 Å². The van der Waals surface area contributed by atoms with E-state index in [0.29, 0.717) is 6.54 Å². The van der Waals surface area contributed by atoms with Crippen LogP contribution in [0.5, 0.6) is 0 Å². The van der Waals surface area contributed by atoms with Gasteiger partial charge in [0.25, 0.3) is 0 Å². The summed E-state index contributed by atoms with van der Waals surface area (Å²) in [5, 5.41) is 6.40. The molecular formula is C13H20BrFIN3S. The molecule has 1 rings (SSSR count). The van der Waals surface area contributed by atoms with Gasteiger partial charge in [-0.3, -0.25) is 0 Å². The lowest BCUT2D eigenvalue weighted by molar-refractivity contribution is 0.625. The molecular weight excluding hydrogens is 456 g/mol. The Bertz CT molecular complexity index is 432. The first-order chi connectivity index (χ1) is 9.17. The molecule has 0 aliphatic heterocycles. The van der Waals surface area contributed by atoms with E-state index in [4.69, 9.17) is 0 Å². The molecule has 0 aliphatic carbocycles. The molecule has 7 heteroatoms. The minimum absolute atomic E-state index is 0. The van der Waals surface area contributed by atoms with E-state index in [-0.39, 0.29) is 29.8 Å². The lowest BCUT2D eigenvalue weighted by Gasteiger charge is -2.11. The molecule has 0 radical (unpaired) electrons. The molecule has 0 heterocycles. The SMILES string of the molecule is CCNC(=NCc1cc(F)ccc1Br)NCCSC.I. The van der Waals surface area contributed by atoms with Crippen LogP contribution in [0.3, 0.4) is 0 Å². The molecule has 0 unspecified atom stereocenters. The van der Waals surface area contributed by atoms with E-state index in [9.17, 15) is 4.39 Å². The highest BCUT2D eigenvalue weighted by Crippen LogP contribution is 2.18. The molecule has 0 aliphatic rings. The average Bonchev–Trinajstić information content (AvgIpc) is 2.40. The first-order valence-electron chi connectivity index (χ1n) is 6.12. The van der Waals surface area contributed by atoms with E-state index >= 15 is 0 Å². The van der Waals surface area contributed by atoms with E-state index < -0.39 is 0 Å². The van der Waals surface area contributed by atoms with Crippen molar-refractivity contribution in [3.05, 3.63) is 34.1 Å². The van der Waals surface area contributed by atoms with Gasteiger partial charge in [0.15, 0.2) is 5.96 Å². The molecule has 2 N–H and O–H groups in total. The van der Waals surface area contributed by atoms with Gasteiger partial charge >= 0.3 is 0 Å². The lowest BCUT2D eigenvalue weighted by atomic mass is 10.2. The van der Waals surface area contributed by atoms with E-state index in [2.05, 4.69) is 37.8 Å². The second-order valence-electron chi connectivity index (χ2n) is 3.85. The zero-order chi connectivity index (χ0) is 14.1. The molecule has 0 aromatic heterocycles. The first kappa shape index (κ1) is 20.0. The van der Waals surface area contributed by atoms with Crippen molar-refractivity contribution in [2.75, 3.05) is 25.1 Å². The Hall–Kier alpha value is -0.0200. The largest absolute Gasteiger partial charge is 0.357 e. The molecule has 0 saturated heterocycles. The van der Waals surface area contributed by atoms with Crippen molar-refractivity contribution in [3.8, 4) is 0 Å². The van der Waals surface area contributed by atoms with Gasteiger partial charge in [-0.15, -0.1) is 24.0 Å². The smallest absolute Gasteiger partial charge is 0.191 e. The molecule has 0 spiro atoms. The van der Waals surface area contributed by atoms with Crippen LogP contribution in [0.4, 0.5) is 4.39 Å². The third-order valence-corrected chi connectivity index (χ3v) is 3.74. The molecule has 0 fully saturated rings. The number of benzene rings is 1. The van der Waals surface area contributed by atoms with Gasteiger partial charge < -0.3 is 10.6 Å². The fourth-order valence-corrected chi connectivity index (χ4v) is 2.12. The summed E-state index contributed by atoms with van der Waals surface area (Å²) in [6.45, 7) is 4.11. The molecule has 0 saturated carbocycles. The molecule has 0 amide bonds. The predicted molar refractivity (Wildman–Crippen MR) is 101 cm³/mol. The van der Waals surface area contributed by atoms with Crippen molar-refractivity contribution < 1.29 is 4.39 Å². The predicted octanol–water partition coefficient (Wildman–Crippen LogP) is 3.62. The Morgan fingerprint density at radius 1 is 1.40 bits per heavy atom. The number of halogens is 3. The van der Waals surface area contributed by atoms with Crippen LogP contribution in [0.1, 0.15) is 12.5 Å². The number of nitrogens with one attached hydrogen (secondary N) is 2. The van der Waals surface area contributed by atoms with Gasteiger partial charge in [0.05, 0.1) is 6.54 Å². The molecule has 20 heavy (non-hydrogen) atoms. The first-order valence-corrected chi connectivity index (χ1v) is 8.31. The number of guanidine groups is 1. The maximum Gasteiger partial charge on any atom is 0.191 e. The Balaban J connectivity index is 0.00000361. The van der Waals surface area contributed by atoms with Gasteiger partial charge in [-0.1, -0.05) is 15.9 Å². The standard InChI is InChI=1S/C13H19BrFN3S.HI/c1-3-16-13(17-6-7-19-2)18-9-10-8-11(15)4-5-12(10)14;/h4-5,8H,3,6-7,9H2,1-2H3,(H2,16,17,18);1H. The van der Waals surface area contributed by atoms with E-state index in [1.807, 2.05) is 6.92 Å². The molecule has 114 valence electrons. The summed E-state index contributed by atoms with van der Waals surface area (Å²) in [4.78, 5) is 4.45. The lowest BCUT2D eigenvalue weighted by Crippen LogP contribution is -2.38. The van der Waals surface area contributed by atoms with Crippen LogP contribution >= 0.6 is 51.7 Å². The second kappa shape index (κ2) is 11.6. The number of aliphatic imine (C=N–C) groups is 1. The van der Waals surface area contributed by atoms with Crippen molar-refractivity contribution in [1.82, 2.24) is 10.6 Å². The molecule has 1 aromatic rings.